The van der Waals surface area contributed by atoms with Crippen LogP contribution < -0.4 is 17.0 Å². The van der Waals surface area contributed by atoms with E-state index in [9.17, 15) is 0 Å². The summed E-state index contributed by atoms with van der Waals surface area (Å²) in [4.78, 5) is 0. The summed E-state index contributed by atoms with van der Waals surface area (Å²) < 4.78 is 1.07. The molecule has 0 aliphatic carbocycles. The van der Waals surface area contributed by atoms with E-state index in [0.717, 1.165) is 17.6 Å². The van der Waals surface area contributed by atoms with Crippen LogP contribution in [0.15, 0.2) is 42.5 Å². The van der Waals surface area contributed by atoms with Gasteiger partial charge in [0.1, 0.15) is 13.1 Å². The molecule has 1 aliphatic heterocycles. The third-order valence-corrected chi connectivity index (χ3v) is 4.69. The predicted molar refractivity (Wildman–Crippen MR) is 85.7 cm³/mol. The summed E-state index contributed by atoms with van der Waals surface area (Å²) in [5, 5.41) is 5.57. The van der Waals surface area contributed by atoms with E-state index in [-0.39, 0.29) is 17.0 Å². The van der Waals surface area contributed by atoms with Gasteiger partial charge in [-0.25, -0.2) is 0 Å². The molecule has 0 fully saturated rings. The molecule has 21 heavy (non-hydrogen) atoms. The van der Waals surface area contributed by atoms with Gasteiger partial charge in [-0.1, -0.05) is 36.4 Å². The fourth-order valence-corrected chi connectivity index (χ4v) is 3.80. The molecule has 0 amide bonds. The zero-order chi connectivity index (χ0) is 13.9. The molecule has 0 N–H and O–H groups in total. The molecule has 0 saturated carbocycles. The molecular weight excluding hydrogens is 322 g/mol. The topological polar surface area (TPSA) is 0 Å². The molecule has 0 aromatic heterocycles. The third-order valence-electron chi connectivity index (χ3n) is 4.69. The van der Waals surface area contributed by atoms with Crippen LogP contribution in [0.1, 0.15) is 16.7 Å². The van der Waals surface area contributed by atoms with Crippen molar-refractivity contribution in [3.05, 3.63) is 59.2 Å². The molecule has 0 spiro atoms. The highest BCUT2D eigenvalue weighted by atomic mass is 79.9. The second kappa shape index (κ2) is 4.82. The van der Waals surface area contributed by atoms with Crippen molar-refractivity contribution in [3.63, 3.8) is 0 Å². The van der Waals surface area contributed by atoms with Crippen LogP contribution in [0.3, 0.4) is 0 Å². The SMILES string of the molecule is Cc1c2c(cc3ccc4ccccc4c13)C[N+](C)(C)C2.[Br-]. The van der Waals surface area contributed by atoms with Crippen molar-refractivity contribution in [1.82, 2.24) is 0 Å². The molecule has 0 saturated heterocycles. The van der Waals surface area contributed by atoms with E-state index in [2.05, 4.69) is 63.5 Å². The van der Waals surface area contributed by atoms with Gasteiger partial charge in [-0.15, -0.1) is 0 Å². The van der Waals surface area contributed by atoms with Crippen molar-refractivity contribution in [2.24, 2.45) is 0 Å². The molecule has 1 heterocycles. The number of quaternary nitrogens is 1. The Morgan fingerprint density at radius 1 is 0.905 bits per heavy atom. The molecule has 0 radical (unpaired) electrons. The van der Waals surface area contributed by atoms with Crippen LogP contribution in [-0.4, -0.2) is 18.6 Å². The quantitative estimate of drug-likeness (QED) is 0.428. The standard InChI is InChI=1S/C19H20N.BrH/c1-13-18-12-20(2,3)11-16(18)10-15-9-8-14-6-4-5-7-17(14)19(13)15;/h4-10H,11-12H2,1-3H3;1H/q+1;/p-1. The first-order valence-corrected chi connectivity index (χ1v) is 7.30. The number of halogens is 1. The van der Waals surface area contributed by atoms with Gasteiger partial charge in [0.2, 0.25) is 0 Å². The highest BCUT2D eigenvalue weighted by Crippen LogP contribution is 2.37. The van der Waals surface area contributed by atoms with E-state index in [1.165, 1.54) is 32.7 Å². The van der Waals surface area contributed by atoms with Gasteiger partial charge in [-0.3, -0.25) is 0 Å². The Morgan fingerprint density at radius 2 is 1.62 bits per heavy atom. The molecular formula is C19H20BrN. The van der Waals surface area contributed by atoms with Gasteiger partial charge in [-0.05, 0) is 40.1 Å². The summed E-state index contributed by atoms with van der Waals surface area (Å²) in [7, 11) is 4.64. The highest BCUT2D eigenvalue weighted by molar-refractivity contribution is 6.09. The molecule has 0 atom stereocenters. The predicted octanol–water partition coefficient (Wildman–Crippen LogP) is 1.40. The van der Waals surface area contributed by atoms with Crippen LogP contribution in [0.4, 0.5) is 0 Å². The molecule has 3 aromatic carbocycles. The largest absolute Gasteiger partial charge is 1.00 e. The van der Waals surface area contributed by atoms with Gasteiger partial charge in [0.05, 0.1) is 14.1 Å². The summed E-state index contributed by atoms with van der Waals surface area (Å²) in [6.45, 7) is 4.61. The minimum atomic E-state index is 0. The van der Waals surface area contributed by atoms with Crippen LogP contribution in [0, 0.1) is 6.92 Å². The molecule has 4 rings (SSSR count). The molecule has 1 nitrogen and oxygen atoms in total. The van der Waals surface area contributed by atoms with Crippen molar-refractivity contribution in [2.45, 2.75) is 20.0 Å². The first-order valence-electron chi connectivity index (χ1n) is 7.30. The van der Waals surface area contributed by atoms with Crippen LogP contribution >= 0.6 is 0 Å². The van der Waals surface area contributed by atoms with Gasteiger partial charge in [0.25, 0.3) is 0 Å². The lowest BCUT2D eigenvalue weighted by Crippen LogP contribution is -3.00. The third kappa shape index (κ3) is 2.18. The summed E-state index contributed by atoms with van der Waals surface area (Å²) in [5.41, 5.74) is 4.59. The van der Waals surface area contributed by atoms with Crippen LogP contribution in [-0.2, 0) is 13.1 Å². The average Bonchev–Trinajstić information content (AvgIpc) is 2.73. The van der Waals surface area contributed by atoms with Crippen molar-refractivity contribution in [3.8, 4) is 0 Å². The molecule has 108 valence electrons. The van der Waals surface area contributed by atoms with Gasteiger partial charge in [0.15, 0.2) is 0 Å². The monoisotopic (exact) mass is 341 g/mol. The minimum Gasteiger partial charge on any atom is -1.00 e. The Labute approximate surface area is 136 Å². The van der Waals surface area contributed by atoms with E-state index in [1.54, 1.807) is 5.56 Å². The Kier molecular flexibility index (Phi) is 3.34. The second-order valence-corrected chi connectivity index (χ2v) is 6.78. The Bertz CT molecular complexity index is 849. The van der Waals surface area contributed by atoms with Crippen molar-refractivity contribution >= 4 is 21.5 Å². The number of hydrogen-bond acceptors (Lipinski definition) is 0. The van der Waals surface area contributed by atoms with Crippen molar-refractivity contribution < 1.29 is 21.5 Å². The Morgan fingerprint density at radius 3 is 2.43 bits per heavy atom. The molecule has 1 aliphatic rings. The fraction of sp³-hybridized carbons (Fsp3) is 0.263. The van der Waals surface area contributed by atoms with Gasteiger partial charge in [-0.2, -0.15) is 0 Å². The maximum Gasteiger partial charge on any atom is 0.105 e. The van der Waals surface area contributed by atoms with E-state index >= 15 is 0 Å². The lowest BCUT2D eigenvalue weighted by Gasteiger charge is -2.22. The van der Waals surface area contributed by atoms with E-state index in [1.807, 2.05) is 0 Å². The zero-order valence-electron chi connectivity index (χ0n) is 12.8. The first kappa shape index (κ1) is 14.6. The number of hydrogen-bond donors (Lipinski definition) is 0. The van der Waals surface area contributed by atoms with Crippen LogP contribution in [0.5, 0.6) is 0 Å². The lowest BCUT2D eigenvalue weighted by atomic mass is 9.93. The van der Waals surface area contributed by atoms with Gasteiger partial charge in [0, 0.05) is 11.1 Å². The van der Waals surface area contributed by atoms with Gasteiger partial charge < -0.3 is 21.5 Å². The molecule has 3 aromatic rings. The molecule has 2 heteroatoms. The number of benzene rings is 3. The summed E-state index contributed by atoms with van der Waals surface area (Å²) in [5.74, 6) is 0. The summed E-state index contributed by atoms with van der Waals surface area (Å²) in [6, 6.07) is 15.7. The fourth-order valence-electron chi connectivity index (χ4n) is 3.80. The maximum absolute atomic E-state index is 2.41. The van der Waals surface area contributed by atoms with Gasteiger partial charge >= 0.3 is 0 Å². The number of aryl methyl sites for hydroxylation is 1. The van der Waals surface area contributed by atoms with E-state index < -0.39 is 0 Å². The molecule has 0 unspecified atom stereocenters. The smallest absolute Gasteiger partial charge is 0.105 e. The minimum absolute atomic E-state index is 0. The maximum atomic E-state index is 2.41. The van der Waals surface area contributed by atoms with Crippen molar-refractivity contribution in [2.75, 3.05) is 14.1 Å². The first-order chi connectivity index (χ1) is 9.55. The van der Waals surface area contributed by atoms with E-state index in [0.29, 0.717) is 0 Å². The Balaban J connectivity index is 0.00000132. The number of fused-ring (bicyclic) bond motifs is 4. The van der Waals surface area contributed by atoms with Crippen LogP contribution in [0.2, 0.25) is 0 Å². The summed E-state index contributed by atoms with van der Waals surface area (Å²) >= 11 is 0. The zero-order valence-corrected chi connectivity index (χ0v) is 14.4. The van der Waals surface area contributed by atoms with E-state index in [4.69, 9.17) is 0 Å². The average molecular weight is 342 g/mol. The second-order valence-electron chi connectivity index (χ2n) is 6.78. The normalized spacial score (nSPS) is 16.0. The highest BCUT2D eigenvalue weighted by Gasteiger charge is 2.30. The van der Waals surface area contributed by atoms with Crippen molar-refractivity contribution in [1.29, 1.82) is 0 Å². The summed E-state index contributed by atoms with van der Waals surface area (Å²) in [6.07, 6.45) is 0. The molecule has 0 bridgehead atoms. The van der Waals surface area contributed by atoms with Crippen LogP contribution in [0.25, 0.3) is 21.5 Å². The number of nitrogens with zero attached hydrogens (tertiary/aromatic N) is 1. The Hall–Kier alpha value is -1.38. The lowest BCUT2D eigenvalue weighted by molar-refractivity contribution is -0.910. The number of rotatable bonds is 0.